The summed E-state index contributed by atoms with van der Waals surface area (Å²) < 4.78 is 37.9. The van der Waals surface area contributed by atoms with Crippen LogP contribution in [0.1, 0.15) is 55.6 Å². The summed E-state index contributed by atoms with van der Waals surface area (Å²) in [5.74, 6) is 0.116. The standard InChI is InChI=1S/C16H19F3N2OS/c1-10(11-3-2-4-11)15(22)21-7-5-12(6-8-21)14-20-13(9-23-14)16(17,18)19/h9,12H,2-8H2,1H3. The number of nitrogens with zero attached hydrogens (tertiary/aromatic N) is 2. The molecule has 1 amide bonds. The van der Waals surface area contributed by atoms with E-state index in [0.717, 1.165) is 41.6 Å². The van der Waals surface area contributed by atoms with Crippen LogP contribution in [0.3, 0.4) is 0 Å². The van der Waals surface area contributed by atoms with Crippen molar-refractivity contribution < 1.29 is 18.0 Å². The lowest BCUT2D eigenvalue weighted by Gasteiger charge is -2.32. The zero-order valence-electron chi connectivity index (χ0n) is 12.9. The number of piperidine rings is 1. The van der Waals surface area contributed by atoms with Gasteiger partial charge >= 0.3 is 6.18 Å². The first kappa shape index (κ1) is 16.5. The first-order chi connectivity index (χ1) is 10.9. The molecule has 2 aliphatic rings. The number of carbonyl (C=O) groups excluding carboxylic acids is 1. The Morgan fingerprint density at radius 3 is 2.43 bits per heavy atom. The van der Waals surface area contributed by atoms with Crippen molar-refractivity contribution in [2.45, 2.75) is 51.1 Å². The summed E-state index contributed by atoms with van der Waals surface area (Å²) in [6, 6.07) is 0. The second kappa shape index (κ2) is 6.26. The van der Waals surface area contributed by atoms with Crippen molar-refractivity contribution >= 4 is 17.2 Å². The molecule has 126 valence electrons. The average Bonchev–Trinajstić information content (AvgIpc) is 2.94. The highest BCUT2D eigenvalue weighted by atomic mass is 32.1. The Balaban J connectivity index is 1.60. The van der Waals surface area contributed by atoms with Gasteiger partial charge in [-0.1, -0.05) is 5.57 Å². The molecule has 0 radical (unpaired) electrons. The van der Waals surface area contributed by atoms with E-state index in [1.54, 1.807) is 0 Å². The molecule has 1 aromatic heterocycles. The Hall–Kier alpha value is -1.37. The van der Waals surface area contributed by atoms with Gasteiger partial charge in [-0.25, -0.2) is 4.98 Å². The minimum Gasteiger partial charge on any atom is -0.339 e. The van der Waals surface area contributed by atoms with Crippen LogP contribution >= 0.6 is 11.3 Å². The van der Waals surface area contributed by atoms with E-state index in [4.69, 9.17) is 0 Å². The second-order valence-corrected chi connectivity index (χ2v) is 7.11. The molecule has 1 aliphatic heterocycles. The average molecular weight is 344 g/mol. The maximum atomic E-state index is 12.6. The van der Waals surface area contributed by atoms with Gasteiger partial charge in [0, 0.05) is 30.0 Å². The third-order valence-corrected chi connectivity index (χ3v) is 5.76. The smallest absolute Gasteiger partial charge is 0.339 e. The number of hydrogen-bond acceptors (Lipinski definition) is 3. The van der Waals surface area contributed by atoms with E-state index < -0.39 is 11.9 Å². The number of thiazole rings is 1. The number of aromatic nitrogens is 1. The molecule has 3 rings (SSSR count). The van der Waals surface area contributed by atoms with Crippen molar-refractivity contribution in [1.82, 2.24) is 9.88 Å². The van der Waals surface area contributed by atoms with Gasteiger partial charge in [0.1, 0.15) is 0 Å². The molecule has 1 saturated carbocycles. The molecule has 0 bridgehead atoms. The fourth-order valence-corrected chi connectivity index (χ4v) is 4.05. The lowest BCUT2D eigenvalue weighted by molar-refractivity contribution is -0.140. The second-order valence-electron chi connectivity index (χ2n) is 6.22. The van der Waals surface area contributed by atoms with Crippen LogP contribution in [0.15, 0.2) is 16.5 Å². The van der Waals surface area contributed by atoms with Gasteiger partial charge in [-0.3, -0.25) is 4.79 Å². The van der Waals surface area contributed by atoms with Crippen molar-refractivity contribution in [1.29, 1.82) is 0 Å². The van der Waals surface area contributed by atoms with E-state index in [1.807, 2.05) is 11.8 Å². The number of halogens is 3. The lowest BCUT2D eigenvalue weighted by Crippen LogP contribution is -2.38. The van der Waals surface area contributed by atoms with Gasteiger partial charge in [-0.05, 0) is 39.0 Å². The normalized spacial score (nSPS) is 19.7. The van der Waals surface area contributed by atoms with Crippen molar-refractivity contribution in [2.75, 3.05) is 13.1 Å². The van der Waals surface area contributed by atoms with Crippen LogP contribution in [0.2, 0.25) is 0 Å². The summed E-state index contributed by atoms with van der Waals surface area (Å²) in [5.41, 5.74) is 1.32. The van der Waals surface area contributed by atoms with Crippen LogP contribution in [-0.2, 0) is 11.0 Å². The summed E-state index contributed by atoms with van der Waals surface area (Å²) in [6.45, 7) is 3.07. The van der Waals surface area contributed by atoms with E-state index in [-0.39, 0.29) is 11.8 Å². The van der Waals surface area contributed by atoms with Gasteiger partial charge in [0.2, 0.25) is 5.91 Å². The summed E-state index contributed by atoms with van der Waals surface area (Å²) in [4.78, 5) is 18.0. The Bertz CT molecular complexity index is 622. The van der Waals surface area contributed by atoms with Gasteiger partial charge in [0.25, 0.3) is 0 Å². The monoisotopic (exact) mass is 344 g/mol. The molecular weight excluding hydrogens is 325 g/mol. The summed E-state index contributed by atoms with van der Waals surface area (Å²) >= 11 is 1.07. The van der Waals surface area contributed by atoms with E-state index in [1.165, 1.54) is 5.57 Å². The predicted molar refractivity (Wildman–Crippen MR) is 82.2 cm³/mol. The Labute approximate surface area is 137 Å². The maximum Gasteiger partial charge on any atom is 0.434 e. The van der Waals surface area contributed by atoms with E-state index >= 15 is 0 Å². The number of allylic oxidation sites excluding steroid dienone is 1. The summed E-state index contributed by atoms with van der Waals surface area (Å²) in [5, 5.41) is 1.62. The number of carbonyl (C=O) groups is 1. The Morgan fingerprint density at radius 2 is 1.96 bits per heavy atom. The van der Waals surface area contributed by atoms with Gasteiger partial charge in [-0.15, -0.1) is 11.3 Å². The molecule has 0 spiro atoms. The zero-order chi connectivity index (χ0) is 16.6. The number of likely N-dealkylation sites (tertiary alicyclic amines) is 1. The molecule has 1 saturated heterocycles. The molecule has 0 N–H and O–H groups in total. The first-order valence-corrected chi connectivity index (χ1v) is 8.74. The number of alkyl halides is 3. The molecule has 1 aliphatic carbocycles. The molecule has 0 atom stereocenters. The maximum absolute atomic E-state index is 12.6. The molecule has 23 heavy (non-hydrogen) atoms. The minimum atomic E-state index is -4.38. The van der Waals surface area contributed by atoms with Crippen molar-refractivity contribution in [3.8, 4) is 0 Å². The van der Waals surface area contributed by atoms with Gasteiger partial charge in [0.05, 0.1) is 5.01 Å². The van der Waals surface area contributed by atoms with Gasteiger partial charge in [0.15, 0.2) is 5.69 Å². The topological polar surface area (TPSA) is 33.2 Å². The largest absolute Gasteiger partial charge is 0.434 e. The first-order valence-electron chi connectivity index (χ1n) is 7.87. The fraction of sp³-hybridized carbons (Fsp3) is 0.625. The quantitative estimate of drug-likeness (QED) is 0.747. The molecule has 2 fully saturated rings. The fourth-order valence-electron chi connectivity index (χ4n) is 3.05. The highest BCUT2D eigenvalue weighted by molar-refractivity contribution is 7.09. The Kier molecular flexibility index (Phi) is 4.49. The molecule has 0 aromatic carbocycles. The highest BCUT2D eigenvalue weighted by Crippen LogP contribution is 2.36. The van der Waals surface area contributed by atoms with Crippen LogP contribution in [0.4, 0.5) is 13.2 Å². The molecule has 7 heteroatoms. The lowest BCUT2D eigenvalue weighted by atomic mass is 9.87. The van der Waals surface area contributed by atoms with Gasteiger partial charge < -0.3 is 4.90 Å². The summed E-state index contributed by atoms with van der Waals surface area (Å²) in [7, 11) is 0. The van der Waals surface area contributed by atoms with Crippen molar-refractivity contribution in [2.24, 2.45) is 0 Å². The number of amides is 1. The third kappa shape index (κ3) is 3.44. The molecule has 2 heterocycles. The van der Waals surface area contributed by atoms with E-state index in [2.05, 4.69) is 4.98 Å². The van der Waals surface area contributed by atoms with E-state index in [0.29, 0.717) is 30.9 Å². The highest BCUT2D eigenvalue weighted by Gasteiger charge is 2.35. The molecule has 3 nitrogen and oxygen atoms in total. The van der Waals surface area contributed by atoms with E-state index in [9.17, 15) is 18.0 Å². The van der Waals surface area contributed by atoms with Crippen LogP contribution in [0.5, 0.6) is 0 Å². The summed E-state index contributed by atoms with van der Waals surface area (Å²) in [6.07, 6.45) is 0.185. The number of hydrogen-bond donors (Lipinski definition) is 0. The van der Waals surface area contributed by atoms with Crippen LogP contribution in [0.25, 0.3) is 0 Å². The molecular formula is C16H19F3N2OS. The van der Waals surface area contributed by atoms with Gasteiger partial charge in [-0.2, -0.15) is 13.2 Å². The minimum absolute atomic E-state index is 0.0248. The Morgan fingerprint density at radius 1 is 1.30 bits per heavy atom. The third-order valence-electron chi connectivity index (χ3n) is 4.75. The molecule has 0 unspecified atom stereocenters. The SMILES string of the molecule is CC(C(=O)N1CCC(c2nc(C(F)(F)F)cs2)CC1)=C1CCC1. The number of rotatable bonds is 2. The van der Waals surface area contributed by atoms with Crippen molar-refractivity contribution in [3.63, 3.8) is 0 Å². The van der Waals surface area contributed by atoms with Crippen LogP contribution in [-0.4, -0.2) is 28.9 Å². The zero-order valence-corrected chi connectivity index (χ0v) is 13.8. The van der Waals surface area contributed by atoms with Crippen LogP contribution < -0.4 is 0 Å². The van der Waals surface area contributed by atoms with Crippen LogP contribution in [0, 0.1) is 0 Å². The predicted octanol–water partition coefficient (Wildman–Crippen LogP) is 4.37. The molecule has 1 aromatic rings. The van der Waals surface area contributed by atoms with Crippen molar-refractivity contribution in [3.05, 3.63) is 27.2 Å².